The first-order valence-electron chi connectivity index (χ1n) is 5.31. The van der Waals surface area contributed by atoms with Gasteiger partial charge >= 0.3 is 0 Å². The summed E-state index contributed by atoms with van der Waals surface area (Å²) in [5.74, 6) is 0. The zero-order chi connectivity index (χ0) is 12.1. The maximum Gasteiger partial charge on any atom is 0.106 e. The van der Waals surface area contributed by atoms with Gasteiger partial charge in [0.2, 0.25) is 0 Å². The molecule has 17 heavy (non-hydrogen) atoms. The van der Waals surface area contributed by atoms with Crippen LogP contribution in [0.25, 0.3) is 0 Å². The van der Waals surface area contributed by atoms with Crippen LogP contribution in [-0.2, 0) is 13.1 Å². The molecule has 0 amide bonds. The van der Waals surface area contributed by atoms with E-state index in [0.717, 1.165) is 27.9 Å². The highest BCUT2D eigenvalue weighted by atomic mass is 79.9. The zero-order valence-corrected chi connectivity index (χ0v) is 12.3. The maximum atomic E-state index is 4.37. The molecule has 1 heterocycles. The number of aromatic nitrogens is 1. The van der Waals surface area contributed by atoms with Gasteiger partial charge in [-0.3, -0.25) is 0 Å². The summed E-state index contributed by atoms with van der Waals surface area (Å²) in [6, 6.07) is 14.1. The van der Waals surface area contributed by atoms with E-state index in [1.807, 2.05) is 36.4 Å². The predicted octanol–water partition coefficient (Wildman–Crippen LogP) is 3.90. The Morgan fingerprint density at radius 1 is 0.941 bits per heavy atom. The minimum Gasteiger partial charge on any atom is -0.307 e. The monoisotopic (exact) mass is 354 g/mol. The van der Waals surface area contributed by atoms with E-state index in [-0.39, 0.29) is 0 Å². The molecule has 88 valence electrons. The molecular weight excluding hydrogens is 344 g/mol. The lowest BCUT2D eigenvalue weighted by molar-refractivity contribution is 0.677. The van der Waals surface area contributed by atoms with Gasteiger partial charge in [0.05, 0.1) is 5.69 Å². The van der Waals surface area contributed by atoms with E-state index < -0.39 is 0 Å². The number of nitrogens with zero attached hydrogens (tertiary/aromatic N) is 1. The SMILES string of the molecule is Brc1cccc(CNCc2ccccc2Br)n1. The molecule has 0 spiro atoms. The van der Waals surface area contributed by atoms with Crippen molar-refractivity contribution >= 4 is 31.9 Å². The lowest BCUT2D eigenvalue weighted by Crippen LogP contribution is -2.13. The van der Waals surface area contributed by atoms with E-state index in [4.69, 9.17) is 0 Å². The van der Waals surface area contributed by atoms with Crippen molar-refractivity contribution in [3.63, 3.8) is 0 Å². The Hall–Kier alpha value is -0.710. The standard InChI is InChI=1S/C13H12Br2N2/c14-12-6-2-1-4-10(12)8-16-9-11-5-3-7-13(15)17-11/h1-7,16H,8-9H2. The maximum absolute atomic E-state index is 4.37. The van der Waals surface area contributed by atoms with Crippen LogP contribution in [0.4, 0.5) is 0 Å². The van der Waals surface area contributed by atoms with Gasteiger partial charge in [0, 0.05) is 17.6 Å². The molecule has 4 heteroatoms. The van der Waals surface area contributed by atoms with Crippen molar-refractivity contribution in [1.29, 1.82) is 0 Å². The average Bonchev–Trinajstić information content (AvgIpc) is 2.32. The summed E-state index contributed by atoms with van der Waals surface area (Å²) in [5.41, 5.74) is 2.29. The number of pyridine rings is 1. The van der Waals surface area contributed by atoms with E-state index in [1.165, 1.54) is 5.56 Å². The van der Waals surface area contributed by atoms with Crippen molar-refractivity contribution in [2.24, 2.45) is 0 Å². The topological polar surface area (TPSA) is 24.9 Å². The van der Waals surface area contributed by atoms with Gasteiger partial charge in [-0.15, -0.1) is 0 Å². The van der Waals surface area contributed by atoms with E-state index in [9.17, 15) is 0 Å². The lowest BCUT2D eigenvalue weighted by atomic mass is 10.2. The fourth-order valence-corrected chi connectivity index (χ4v) is 2.32. The third kappa shape index (κ3) is 3.91. The van der Waals surface area contributed by atoms with Gasteiger partial charge in [-0.1, -0.05) is 40.2 Å². The Kier molecular flexibility index (Phi) is 4.71. The molecule has 0 saturated heterocycles. The molecule has 0 aliphatic heterocycles. The summed E-state index contributed by atoms with van der Waals surface area (Å²) >= 11 is 6.90. The second-order valence-corrected chi connectivity index (χ2v) is 5.31. The molecule has 1 N–H and O–H groups in total. The van der Waals surface area contributed by atoms with Crippen molar-refractivity contribution in [1.82, 2.24) is 10.3 Å². The largest absolute Gasteiger partial charge is 0.307 e. The van der Waals surface area contributed by atoms with Crippen LogP contribution in [0.3, 0.4) is 0 Å². The third-order valence-corrected chi connectivity index (χ3v) is 3.57. The molecule has 0 aliphatic carbocycles. The van der Waals surface area contributed by atoms with Gasteiger partial charge in [0.1, 0.15) is 4.60 Å². The fourth-order valence-electron chi connectivity index (χ4n) is 1.52. The molecule has 0 radical (unpaired) electrons. The molecule has 0 aliphatic rings. The smallest absolute Gasteiger partial charge is 0.106 e. The Labute approximate surface area is 118 Å². The number of hydrogen-bond acceptors (Lipinski definition) is 2. The molecule has 0 fully saturated rings. The van der Waals surface area contributed by atoms with Gasteiger partial charge in [-0.2, -0.15) is 0 Å². The third-order valence-electron chi connectivity index (χ3n) is 2.35. The highest BCUT2D eigenvalue weighted by Crippen LogP contribution is 2.15. The van der Waals surface area contributed by atoms with Crippen molar-refractivity contribution in [3.05, 3.63) is 62.8 Å². The normalized spacial score (nSPS) is 10.5. The molecule has 1 aromatic heterocycles. The lowest BCUT2D eigenvalue weighted by Gasteiger charge is -2.06. The first kappa shape index (κ1) is 12.7. The van der Waals surface area contributed by atoms with E-state index in [1.54, 1.807) is 0 Å². The Morgan fingerprint density at radius 3 is 2.53 bits per heavy atom. The van der Waals surface area contributed by atoms with Crippen molar-refractivity contribution < 1.29 is 0 Å². The number of benzene rings is 1. The van der Waals surface area contributed by atoms with Crippen LogP contribution in [-0.4, -0.2) is 4.98 Å². The van der Waals surface area contributed by atoms with Crippen molar-refractivity contribution in [2.75, 3.05) is 0 Å². The molecule has 2 rings (SSSR count). The first-order chi connectivity index (χ1) is 8.25. The highest BCUT2D eigenvalue weighted by Gasteiger charge is 1.99. The minimum absolute atomic E-state index is 0.765. The van der Waals surface area contributed by atoms with Crippen LogP contribution in [0.2, 0.25) is 0 Å². The molecule has 2 aromatic rings. The molecule has 2 nitrogen and oxygen atoms in total. The molecule has 0 atom stereocenters. The summed E-state index contributed by atoms with van der Waals surface area (Å²) in [5, 5.41) is 3.37. The van der Waals surface area contributed by atoms with Crippen molar-refractivity contribution in [3.8, 4) is 0 Å². The zero-order valence-electron chi connectivity index (χ0n) is 9.16. The molecule has 0 unspecified atom stereocenters. The van der Waals surface area contributed by atoms with Crippen LogP contribution >= 0.6 is 31.9 Å². The van der Waals surface area contributed by atoms with Gasteiger partial charge in [0.25, 0.3) is 0 Å². The minimum atomic E-state index is 0.765. The second kappa shape index (κ2) is 6.28. The average molecular weight is 356 g/mol. The fraction of sp³-hybridized carbons (Fsp3) is 0.154. The molecule has 0 bridgehead atoms. The van der Waals surface area contributed by atoms with Crippen molar-refractivity contribution in [2.45, 2.75) is 13.1 Å². The highest BCUT2D eigenvalue weighted by molar-refractivity contribution is 9.10. The van der Waals surface area contributed by atoms with Crippen LogP contribution in [0, 0.1) is 0 Å². The quantitative estimate of drug-likeness (QED) is 0.841. The van der Waals surface area contributed by atoms with Crippen LogP contribution in [0.15, 0.2) is 51.5 Å². The number of nitrogens with one attached hydrogen (secondary N) is 1. The van der Waals surface area contributed by atoms with Gasteiger partial charge in [-0.25, -0.2) is 4.98 Å². The summed E-state index contributed by atoms with van der Waals surface area (Å²) in [7, 11) is 0. The second-order valence-electron chi connectivity index (χ2n) is 3.65. The molecule has 0 saturated carbocycles. The summed E-state index contributed by atoms with van der Waals surface area (Å²) in [6.07, 6.45) is 0. The number of hydrogen-bond donors (Lipinski definition) is 1. The summed E-state index contributed by atoms with van der Waals surface area (Å²) in [4.78, 5) is 4.37. The summed E-state index contributed by atoms with van der Waals surface area (Å²) in [6.45, 7) is 1.59. The number of rotatable bonds is 4. The van der Waals surface area contributed by atoms with Gasteiger partial charge < -0.3 is 5.32 Å². The molecular formula is C13H12Br2N2. The molecule has 1 aromatic carbocycles. The van der Waals surface area contributed by atoms with Gasteiger partial charge in [-0.05, 0) is 39.7 Å². The first-order valence-corrected chi connectivity index (χ1v) is 6.90. The predicted molar refractivity (Wildman–Crippen MR) is 76.6 cm³/mol. The number of halogens is 2. The van der Waals surface area contributed by atoms with Crippen LogP contribution in [0.5, 0.6) is 0 Å². The van der Waals surface area contributed by atoms with Crippen LogP contribution in [0.1, 0.15) is 11.3 Å². The summed E-state index contributed by atoms with van der Waals surface area (Å²) < 4.78 is 2.01. The Balaban J connectivity index is 1.90. The van der Waals surface area contributed by atoms with Gasteiger partial charge in [0.15, 0.2) is 0 Å². The van der Waals surface area contributed by atoms with E-state index in [0.29, 0.717) is 0 Å². The Morgan fingerprint density at radius 2 is 1.76 bits per heavy atom. The van der Waals surface area contributed by atoms with E-state index in [2.05, 4.69) is 48.2 Å². The van der Waals surface area contributed by atoms with E-state index >= 15 is 0 Å². The Bertz CT molecular complexity index is 500. The van der Waals surface area contributed by atoms with Crippen LogP contribution < -0.4 is 5.32 Å².